The van der Waals surface area contributed by atoms with Crippen molar-refractivity contribution in [3.05, 3.63) is 36.4 Å². The van der Waals surface area contributed by atoms with Crippen LogP contribution in [-0.4, -0.2) is 39.6 Å². The first-order chi connectivity index (χ1) is 29.6. The minimum absolute atomic E-state index is 0.661. The van der Waals surface area contributed by atoms with Crippen molar-refractivity contribution in [2.75, 3.05) is 39.6 Å². The molecule has 336 valence electrons. The van der Waals surface area contributed by atoms with Gasteiger partial charge in [-0.1, -0.05) is 157 Å². The van der Waals surface area contributed by atoms with E-state index in [2.05, 4.69) is 77.9 Å². The zero-order chi connectivity index (χ0) is 42.6. The molecule has 0 N–H and O–H groups in total. The minimum Gasteiger partial charge on any atom is -0.490 e. The fraction of sp³-hybridized carbons (Fsp3) is 0.667. The van der Waals surface area contributed by atoms with Crippen LogP contribution in [0.25, 0.3) is 32.3 Å². The van der Waals surface area contributed by atoms with Crippen LogP contribution in [0.4, 0.5) is 0 Å². The Morgan fingerprint density at radius 3 is 0.550 bits per heavy atom. The minimum atomic E-state index is 0.661. The number of benzene rings is 4. The van der Waals surface area contributed by atoms with Gasteiger partial charge in [0.15, 0.2) is 34.5 Å². The maximum Gasteiger partial charge on any atom is 0.161 e. The molecule has 4 aromatic rings. The van der Waals surface area contributed by atoms with Gasteiger partial charge in [0, 0.05) is 0 Å². The molecule has 6 heteroatoms. The van der Waals surface area contributed by atoms with Gasteiger partial charge in [-0.3, -0.25) is 0 Å². The Morgan fingerprint density at radius 2 is 0.367 bits per heavy atom. The molecule has 0 aliphatic rings. The lowest BCUT2D eigenvalue weighted by Crippen LogP contribution is -2.05. The van der Waals surface area contributed by atoms with Crippen LogP contribution in [0.2, 0.25) is 0 Å². The third-order valence-corrected chi connectivity index (χ3v) is 11.7. The molecule has 0 aromatic heterocycles. The molecular weight excluding hydrogens is 745 g/mol. The van der Waals surface area contributed by atoms with Crippen molar-refractivity contribution >= 4 is 32.3 Å². The number of ether oxygens (including phenoxy) is 6. The Hall–Kier alpha value is -3.54. The number of hydrogen-bond acceptors (Lipinski definition) is 6. The van der Waals surface area contributed by atoms with Crippen LogP contribution in [0, 0.1) is 0 Å². The Kier molecular flexibility index (Phi) is 24.3. The molecule has 0 heterocycles. The van der Waals surface area contributed by atoms with Crippen molar-refractivity contribution in [3.8, 4) is 34.5 Å². The van der Waals surface area contributed by atoms with Crippen LogP contribution < -0.4 is 28.4 Å². The summed E-state index contributed by atoms with van der Waals surface area (Å²) in [6.07, 6.45) is 27.7. The lowest BCUT2D eigenvalue weighted by atomic mass is 9.93. The first-order valence-electron chi connectivity index (χ1n) is 24.9. The topological polar surface area (TPSA) is 55.4 Å². The van der Waals surface area contributed by atoms with Crippen molar-refractivity contribution in [1.82, 2.24) is 0 Å². The fourth-order valence-corrected chi connectivity index (χ4v) is 7.96. The summed E-state index contributed by atoms with van der Waals surface area (Å²) in [5.41, 5.74) is 0. The fourth-order valence-electron chi connectivity index (χ4n) is 7.96. The molecule has 4 rings (SSSR count). The second-order valence-corrected chi connectivity index (χ2v) is 17.0. The smallest absolute Gasteiger partial charge is 0.161 e. The summed E-state index contributed by atoms with van der Waals surface area (Å²) in [5, 5.41) is 6.70. The van der Waals surface area contributed by atoms with E-state index in [4.69, 9.17) is 28.4 Å². The highest BCUT2D eigenvalue weighted by molar-refractivity contribution is 6.26. The molecule has 0 amide bonds. The van der Waals surface area contributed by atoms with Crippen molar-refractivity contribution < 1.29 is 28.4 Å². The van der Waals surface area contributed by atoms with E-state index < -0.39 is 0 Å². The summed E-state index contributed by atoms with van der Waals surface area (Å²) in [6, 6.07) is 13.4. The standard InChI is InChI=1S/C54H84O6/c1-7-13-19-22-28-34-58-52-40-46-43(37-49(52)55-31-25-16-10-4)47-41-53(59-35-29-23-20-14-8-2)51(57-33-27-18-12-6)39-45(47)48-42-54(60-36-30-24-21-15-9-3)50(38-44(46)48)56-32-26-17-11-5/h37-42H,7-36H2,1-6H3. The van der Waals surface area contributed by atoms with Crippen LogP contribution in [0.3, 0.4) is 0 Å². The highest BCUT2D eigenvalue weighted by Crippen LogP contribution is 2.47. The van der Waals surface area contributed by atoms with Crippen LogP contribution in [-0.2, 0) is 0 Å². The van der Waals surface area contributed by atoms with Gasteiger partial charge in [0.1, 0.15) is 0 Å². The van der Waals surface area contributed by atoms with Crippen molar-refractivity contribution in [2.24, 2.45) is 0 Å². The number of unbranched alkanes of at least 4 members (excludes halogenated alkanes) is 18. The van der Waals surface area contributed by atoms with E-state index in [-0.39, 0.29) is 0 Å². The molecule has 4 aromatic carbocycles. The Labute approximate surface area is 365 Å². The summed E-state index contributed by atoms with van der Waals surface area (Å²) in [4.78, 5) is 0. The lowest BCUT2D eigenvalue weighted by molar-refractivity contribution is 0.259. The molecule has 60 heavy (non-hydrogen) atoms. The monoisotopic (exact) mass is 829 g/mol. The van der Waals surface area contributed by atoms with Gasteiger partial charge in [-0.25, -0.2) is 0 Å². The average molecular weight is 829 g/mol. The second kappa shape index (κ2) is 29.7. The lowest BCUT2D eigenvalue weighted by Gasteiger charge is -2.21. The van der Waals surface area contributed by atoms with Crippen molar-refractivity contribution in [1.29, 1.82) is 0 Å². The van der Waals surface area contributed by atoms with Crippen LogP contribution in [0.15, 0.2) is 36.4 Å². The molecule has 0 spiro atoms. The molecule has 0 saturated heterocycles. The molecule has 0 radical (unpaired) electrons. The van der Waals surface area contributed by atoms with Crippen molar-refractivity contribution in [3.63, 3.8) is 0 Å². The van der Waals surface area contributed by atoms with Gasteiger partial charge < -0.3 is 28.4 Å². The van der Waals surface area contributed by atoms with Gasteiger partial charge in [-0.05, 0) is 107 Å². The first kappa shape index (κ1) is 49.1. The second-order valence-electron chi connectivity index (χ2n) is 17.0. The summed E-state index contributed by atoms with van der Waals surface area (Å²) in [6.45, 7) is 17.5. The van der Waals surface area contributed by atoms with Gasteiger partial charge in [0.25, 0.3) is 0 Å². The molecule has 0 bridgehead atoms. The van der Waals surface area contributed by atoms with Gasteiger partial charge in [0.05, 0.1) is 39.6 Å². The Bertz CT molecular complexity index is 1530. The van der Waals surface area contributed by atoms with Gasteiger partial charge >= 0.3 is 0 Å². The summed E-state index contributed by atoms with van der Waals surface area (Å²) in [7, 11) is 0. The largest absolute Gasteiger partial charge is 0.490 e. The summed E-state index contributed by atoms with van der Waals surface area (Å²) >= 11 is 0. The van der Waals surface area contributed by atoms with Gasteiger partial charge in [-0.2, -0.15) is 0 Å². The molecule has 6 nitrogen and oxygen atoms in total. The van der Waals surface area contributed by atoms with E-state index in [0.717, 1.165) is 144 Å². The molecule has 0 fully saturated rings. The van der Waals surface area contributed by atoms with E-state index in [1.54, 1.807) is 0 Å². The number of rotatable bonds is 36. The molecule has 0 aliphatic heterocycles. The van der Waals surface area contributed by atoms with Gasteiger partial charge in [0.2, 0.25) is 0 Å². The number of fused-ring (bicyclic) bond motifs is 6. The van der Waals surface area contributed by atoms with Crippen molar-refractivity contribution in [2.45, 2.75) is 196 Å². The predicted molar refractivity (Wildman–Crippen MR) is 257 cm³/mol. The normalized spacial score (nSPS) is 11.5. The Morgan fingerprint density at radius 1 is 0.217 bits per heavy atom. The van der Waals surface area contributed by atoms with E-state index in [0.29, 0.717) is 39.6 Å². The van der Waals surface area contributed by atoms with E-state index >= 15 is 0 Å². The van der Waals surface area contributed by atoms with Crippen LogP contribution in [0.1, 0.15) is 196 Å². The Balaban J connectivity index is 1.93. The van der Waals surface area contributed by atoms with E-state index in [9.17, 15) is 0 Å². The molecule has 0 saturated carbocycles. The van der Waals surface area contributed by atoms with Crippen LogP contribution >= 0.6 is 0 Å². The molecule has 0 atom stereocenters. The molecule has 0 aliphatic carbocycles. The summed E-state index contributed by atoms with van der Waals surface area (Å²) in [5.74, 6) is 4.87. The molecule has 0 unspecified atom stereocenters. The van der Waals surface area contributed by atoms with Gasteiger partial charge in [-0.15, -0.1) is 0 Å². The molecular formula is C54H84O6. The maximum absolute atomic E-state index is 6.66. The predicted octanol–water partition coefficient (Wildman–Crippen LogP) is 16.9. The maximum atomic E-state index is 6.66. The van der Waals surface area contributed by atoms with Crippen LogP contribution in [0.5, 0.6) is 34.5 Å². The number of hydrogen-bond donors (Lipinski definition) is 0. The quantitative estimate of drug-likeness (QED) is 0.0336. The SMILES string of the molecule is CCCCCCCOc1cc2c(cc1OCCCCC)c1cc(OCCCCCCC)c(OCCCCC)cc1c1cc(OCCCCCCC)c(OCCCCC)cc21. The first-order valence-corrected chi connectivity index (χ1v) is 24.9. The third kappa shape index (κ3) is 16.1. The zero-order valence-electron chi connectivity index (χ0n) is 39.1. The highest BCUT2D eigenvalue weighted by atomic mass is 16.5. The summed E-state index contributed by atoms with van der Waals surface area (Å²) < 4.78 is 39.8. The average Bonchev–Trinajstić information content (AvgIpc) is 3.26. The van der Waals surface area contributed by atoms with E-state index in [1.165, 1.54) is 77.0 Å². The van der Waals surface area contributed by atoms with E-state index in [1.807, 2.05) is 0 Å². The zero-order valence-corrected chi connectivity index (χ0v) is 39.1. The third-order valence-electron chi connectivity index (χ3n) is 11.7. The highest BCUT2D eigenvalue weighted by Gasteiger charge is 2.21.